The number of aliphatic hydroxyl groups excluding tert-OH is 1. The Bertz CT molecular complexity index is 859. The number of fused-ring (bicyclic) bond motifs is 1. The number of aromatic nitrogens is 1. The number of carbonyl (C=O) groups is 1. The van der Waals surface area contributed by atoms with Crippen LogP contribution < -0.4 is 4.74 Å². The molecule has 1 aromatic carbocycles. The van der Waals surface area contributed by atoms with Crippen LogP contribution in [0.5, 0.6) is 5.75 Å². The standard InChI is InChI=1S/C22H31N3O4/c1-3-29-16-4-5-18-17(14-16)15(2)21(23-18)22(27)25-8-6-19(20(26)7-9-25)24-10-12-28-13-11-24/h4-5,14,19-20,23,26H,3,6-13H2,1-2H3/t19-,20-/m0/s1. The van der Waals surface area contributed by atoms with Crippen molar-refractivity contribution in [1.29, 1.82) is 0 Å². The first-order chi connectivity index (χ1) is 14.1. The molecular formula is C22H31N3O4. The number of nitrogens with one attached hydrogen (secondary N) is 1. The Morgan fingerprint density at radius 3 is 2.76 bits per heavy atom. The molecule has 1 aromatic heterocycles. The predicted molar refractivity (Wildman–Crippen MR) is 112 cm³/mol. The largest absolute Gasteiger partial charge is 0.494 e. The van der Waals surface area contributed by atoms with Gasteiger partial charge in [0.1, 0.15) is 11.4 Å². The fourth-order valence-electron chi connectivity index (χ4n) is 4.55. The minimum atomic E-state index is -0.413. The molecule has 7 nitrogen and oxygen atoms in total. The Hall–Kier alpha value is -2.09. The van der Waals surface area contributed by atoms with Crippen LogP contribution in [0.4, 0.5) is 0 Å². The fraction of sp³-hybridized carbons (Fsp3) is 0.591. The molecule has 0 radical (unpaired) electrons. The second-order valence-electron chi connectivity index (χ2n) is 7.92. The van der Waals surface area contributed by atoms with E-state index in [-0.39, 0.29) is 11.9 Å². The third-order valence-corrected chi connectivity index (χ3v) is 6.19. The Morgan fingerprint density at radius 2 is 2.00 bits per heavy atom. The first kappa shape index (κ1) is 20.2. The summed E-state index contributed by atoms with van der Waals surface area (Å²) in [7, 11) is 0. The monoisotopic (exact) mass is 401 g/mol. The highest BCUT2D eigenvalue weighted by Crippen LogP contribution is 2.28. The SMILES string of the molecule is CCOc1ccc2[nH]c(C(=O)N3CC[C@H](O)[C@@H](N4CCOCC4)CC3)c(C)c2c1. The minimum Gasteiger partial charge on any atom is -0.494 e. The van der Waals surface area contributed by atoms with Crippen molar-refractivity contribution in [3.8, 4) is 5.75 Å². The zero-order valence-corrected chi connectivity index (χ0v) is 17.3. The lowest BCUT2D eigenvalue weighted by Gasteiger charge is -2.36. The molecule has 0 spiro atoms. The number of ether oxygens (including phenoxy) is 2. The average Bonchev–Trinajstić information content (AvgIpc) is 2.93. The van der Waals surface area contributed by atoms with Gasteiger partial charge >= 0.3 is 0 Å². The molecule has 0 bridgehead atoms. The number of aryl methyl sites for hydroxylation is 1. The summed E-state index contributed by atoms with van der Waals surface area (Å²) in [5.74, 6) is 0.818. The summed E-state index contributed by atoms with van der Waals surface area (Å²) in [6, 6.07) is 5.97. The molecule has 2 aliphatic rings. The van der Waals surface area contributed by atoms with Crippen molar-refractivity contribution in [2.24, 2.45) is 0 Å². The number of likely N-dealkylation sites (tertiary alicyclic amines) is 1. The zero-order chi connectivity index (χ0) is 20.4. The number of H-pyrrole nitrogens is 1. The first-order valence-corrected chi connectivity index (χ1v) is 10.6. The van der Waals surface area contributed by atoms with Gasteiger partial charge in [-0.15, -0.1) is 0 Å². The van der Waals surface area contributed by atoms with E-state index >= 15 is 0 Å². The van der Waals surface area contributed by atoms with E-state index in [9.17, 15) is 9.90 Å². The molecule has 0 aliphatic carbocycles. The van der Waals surface area contributed by atoms with Gasteiger partial charge in [0.15, 0.2) is 0 Å². The third-order valence-electron chi connectivity index (χ3n) is 6.19. The van der Waals surface area contributed by atoms with Gasteiger partial charge in [0, 0.05) is 43.1 Å². The van der Waals surface area contributed by atoms with E-state index in [4.69, 9.17) is 9.47 Å². The minimum absolute atomic E-state index is 0.00601. The summed E-state index contributed by atoms with van der Waals surface area (Å²) in [6.07, 6.45) is 0.964. The van der Waals surface area contributed by atoms with Crippen molar-refractivity contribution >= 4 is 16.8 Å². The molecule has 29 heavy (non-hydrogen) atoms. The normalized spacial score (nSPS) is 23.9. The number of hydrogen-bond donors (Lipinski definition) is 2. The van der Waals surface area contributed by atoms with Gasteiger partial charge in [-0.25, -0.2) is 0 Å². The van der Waals surface area contributed by atoms with E-state index in [0.29, 0.717) is 45.0 Å². The van der Waals surface area contributed by atoms with E-state index < -0.39 is 6.10 Å². The van der Waals surface area contributed by atoms with Crippen LogP contribution in [0.25, 0.3) is 10.9 Å². The number of benzene rings is 1. The molecule has 3 heterocycles. The molecule has 158 valence electrons. The molecule has 7 heteroatoms. The van der Waals surface area contributed by atoms with Gasteiger partial charge in [-0.1, -0.05) is 0 Å². The van der Waals surface area contributed by atoms with E-state index in [0.717, 1.165) is 41.7 Å². The van der Waals surface area contributed by atoms with Crippen LogP contribution in [0.3, 0.4) is 0 Å². The Kier molecular flexibility index (Phi) is 6.08. The molecule has 2 N–H and O–H groups in total. The molecule has 2 saturated heterocycles. The van der Waals surface area contributed by atoms with E-state index in [1.54, 1.807) is 0 Å². The maximum absolute atomic E-state index is 13.3. The third kappa shape index (κ3) is 4.13. The van der Waals surface area contributed by atoms with Crippen molar-refractivity contribution in [1.82, 2.24) is 14.8 Å². The van der Waals surface area contributed by atoms with Crippen molar-refractivity contribution in [2.45, 2.75) is 38.8 Å². The lowest BCUT2D eigenvalue weighted by molar-refractivity contribution is -0.0222. The quantitative estimate of drug-likeness (QED) is 0.821. The highest BCUT2D eigenvalue weighted by atomic mass is 16.5. The number of rotatable bonds is 4. The molecule has 2 aliphatic heterocycles. The van der Waals surface area contributed by atoms with Gasteiger partial charge in [0.2, 0.25) is 0 Å². The van der Waals surface area contributed by atoms with Gasteiger partial charge in [0.25, 0.3) is 5.91 Å². The second-order valence-corrected chi connectivity index (χ2v) is 7.92. The maximum atomic E-state index is 13.3. The molecule has 0 unspecified atom stereocenters. The average molecular weight is 402 g/mol. The number of aromatic amines is 1. The van der Waals surface area contributed by atoms with Crippen molar-refractivity contribution < 1.29 is 19.4 Å². The van der Waals surface area contributed by atoms with Crippen LogP contribution in [-0.2, 0) is 4.74 Å². The van der Waals surface area contributed by atoms with Gasteiger partial charge in [-0.05, 0) is 50.5 Å². The smallest absolute Gasteiger partial charge is 0.270 e. The highest BCUT2D eigenvalue weighted by Gasteiger charge is 2.32. The summed E-state index contributed by atoms with van der Waals surface area (Å²) in [4.78, 5) is 20.8. The summed E-state index contributed by atoms with van der Waals surface area (Å²) < 4.78 is 11.0. The predicted octanol–water partition coefficient (Wildman–Crippen LogP) is 2.17. The summed E-state index contributed by atoms with van der Waals surface area (Å²) in [6.45, 7) is 8.88. The highest BCUT2D eigenvalue weighted by molar-refractivity contribution is 6.01. The maximum Gasteiger partial charge on any atom is 0.270 e. The lowest BCUT2D eigenvalue weighted by atomic mass is 10.0. The lowest BCUT2D eigenvalue weighted by Crippen LogP contribution is -2.49. The Balaban J connectivity index is 1.51. The van der Waals surface area contributed by atoms with Gasteiger partial charge in [-0.2, -0.15) is 0 Å². The van der Waals surface area contributed by atoms with Crippen LogP contribution >= 0.6 is 0 Å². The Labute approximate surface area is 171 Å². The van der Waals surface area contributed by atoms with Gasteiger partial charge in [-0.3, -0.25) is 9.69 Å². The number of carbonyl (C=O) groups excluding carboxylic acids is 1. The molecule has 1 amide bonds. The van der Waals surface area contributed by atoms with E-state index in [1.807, 2.05) is 36.9 Å². The number of nitrogens with zero attached hydrogens (tertiary/aromatic N) is 2. The molecular weight excluding hydrogens is 370 g/mol. The molecule has 2 atom stereocenters. The topological polar surface area (TPSA) is 78.0 Å². The van der Waals surface area contributed by atoms with E-state index in [1.165, 1.54) is 0 Å². The molecule has 2 fully saturated rings. The zero-order valence-electron chi connectivity index (χ0n) is 17.3. The van der Waals surface area contributed by atoms with Crippen LogP contribution in [0.1, 0.15) is 35.8 Å². The summed E-state index contributed by atoms with van der Waals surface area (Å²) in [5, 5.41) is 11.7. The number of aliphatic hydroxyl groups is 1. The van der Waals surface area contributed by atoms with Crippen molar-refractivity contribution in [3.05, 3.63) is 29.5 Å². The molecule has 2 aromatic rings. The molecule has 0 saturated carbocycles. The summed E-state index contributed by atoms with van der Waals surface area (Å²) >= 11 is 0. The van der Waals surface area contributed by atoms with Gasteiger partial charge < -0.3 is 24.5 Å². The van der Waals surface area contributed by atoms with Crippen LogP contribution in [0.2, 0.25) is 0 Å². The number of hydrogen-bond acceptors (Lipinski definition) is 5. The summed E-state index contributed by atoms with van der Waals surface area (Å²) in [5.41, 5.74) is 2.52. The van der Waals surface area contributed by atoms with Crippen molar-refractivity contribution in [3.63, 3.8) is 0 Å². The van der Waals surface area contributed by atoms with Gasteiger partial charge in [0.05, 0.1) is 25.9 Å². The van der Waals surface area contributed by atoms with Crippen molar-refractivity contribution in [2.75, 3.05) is 46.0 Å². The van der Waals surface area contributed by atoms with Crippen LogP contribution in [0.15, 0.2) is 18.2 Å². The van der Waals surface area contributed by atoms with Crippen LogP contribution in [-0.4, -0.2) is 83.9 Å². The second kappa shape index (κ2) is 8.73. The fourth-order valence-corrected chi connectivity index (χ4v) is 4.55. The molecule has 4 rings (SSSR count). The first-order valence-electron chi connectivity index (χ1n) is 10.6. The number of amides is 1. The van der Waals surface area contributed by atoms with Crippen LogP contribution in [0, 0.1) is 6.92 Å². The number of morpholine rings is 1. The Morgan fingerprint density at radius 1 is 1.24 bits per heavy atom. The van der Waals surface area contributed by atoms with E-state index in [2.05, 4.69) is 9.88 Å².